The van der Waals surface area contributed by atoms with Gasteiger partial charge >= 0.3 is 6.03 Å². The highest BCUT2D eigenvalue weighted by Crippen LogP contribution is 2.23. The van der Waals surface area contributed by atoms with Crippen LogP contribution in [0.25, 0.3) is 0 Å². The minimum atomic E-state index is -0.253. The summed E-state index contributed by atoms with van der Waals surface area (Å²) >= 11 is 6.03. The third kappa shape index (κ3) is 3.62. The first-order chi connectivity index (χ1) is 11.1. The molecule has 23 heavy (non-hydrogen) atoms. The van der Waals surface area contributed by atoms with Crippen LogP contribution in [0.2, 0.25) is 5.02 Å². The molecule has 0 radical (unpaired) electrons. The molecule has 0 saturated carbocycles. The van der Waals surface area contributed by atoms with E-state index >= 15 is 0 Å². The summed E-state index contributed by atoms with van der Waals surface area (Å²) in [4.78, 5) is 26.0. The third-order valence-corrected chi connectivity index (χ3v) is 4.06. The molecule has 3 N–H and O–H groups in total. The number of hydrogen-bond donors (Lipinski definition) is 3. The lowest BCUT2D eigenvalue weighted by atomic mass is 10.1. The number of aromatic nitrogens is 2. The van der Waals surface area contributed by atoms with E-state index in [0.717, 1.165) is 0 Å². The van der Waals surface area contributed by atoms with Crippen molar-refractivity contribution in [3.8, 4) is 0 Å². The fraction of sp³-hybridized carbons (Fsp3) is 0.267. The van der Waals surface area contributed by atoms with Crippen LogP contribution in [0.15, 0.2) is 36.7 Å². The van der Waals surface area contributed by atoms with E-state index in [2.05, 4.69) is 20.8 Å². The fourth-order valence-electron chi connectivity index (χ4n) is 2.48. The Hall–Kier alpha value is -2.54. The van der Waals surface area contributed by atoms with Gasteiger partial charge in [-0.05, 0) is 18.6 Å². The van der Waals surface area contributed by atoms with E-state index in [1.54, 1.807) is 35.4 Å². The van der Waals surface area contributed by atoms with Crippen molar-refractivity contribution in [1.82, 2.24) is 15.1 Å². The van der Waals surface area contributed by atoms with Crippen LogP contribution in [0, 0.1) is 5.92 Å². The maximum atomic E-state index is 12.3. The predicted octanol–water partition coefficient (Wildman–Crippen LogP) is 2.56. The Morgan fingerprint density at radius 1 is 1.30 bits per heavy atom. The van der Waals surface area contributed by atoms with Crippen LogP contribution in [-0.2, 0) is 4.79 Å². The molecule has 1 aromatic heterocycles. The Bertz CT molecular complexity index is 704. The summed E-state index contributed by atoms with van der Waals surface area (Å²) in [5.74, 6) is -0.346. The molecule has 1 fully saturated rings. The average Bonchev–Trinajstić information content (AvgIpc) is 3.20. The Kier molecular flexibility index (Phi) is 4.47. The first kappa shape index (κ1) is 15.4. The summed E-state index contributed by atoms with van der Waals surface area (Å²) in [7, 11) is 0. The smallest absolute Gasteiger partial charge is 0.321 e. The second kappa shape index (κ2) is 6.70. The Balaban J connectivity index is 1.55. The molecule has 1 saturated heterocycles. The van der Waals surface area contributed by atoms with Crippen molar-refractivity contribution in [2.75, 3.05) is 23.7 Å². The Morgan fingerprint density at radius 2 is 2.13 bits per heavy atom. The SMILES string of the molecule is O=C(Nc1cn[nH]c1)[C@@H]1CCN(C(=O)Nc2ccccc2Cl)C1. The summed E-state index contributed by atoms with van der Waals surface area (Å²) in [6.07, 6.45) is 3.77. The van der Waals surface area contributed by atoms with Crippen LogP contribution in [0.4, 0.5) is 16.2 Å². The third-order valence-electron chi connectivity index (χ3n) is 3.73. The zero-order valence-corrected chi connectivity index (χ0v) is 13.0. The largest absolute Gasteiger partial charge is 0.324 e. The summed E-state index contributed by atoms with van der Waals surface area (Å²) in [5, 5.41) is 12.4. The van der Waals surface area contributed by atoms with E-state index in [4.69, 9.17) is 11.6 Å². The number of aromatic amines is 1. The first-order valence-corrected chi connectivity index (χ1v) is 7.61. The summed E-state index contributed by atoms with van der Waals surface area (Å²) in [6.45, 7) is 0.903. The monoisotopic (exact) mass is 333 g/mol. The first-order valence-electron chi connectivity index (χ1n) is 7.23. The van der Waals surface area contributed by atoms with Gasteiger partial charge < -0.3 is 15.5 Å². The van der Waals surface area contributed by atoms with Crippen LogP contribution >= 0.6 is 11.6 Å². The van der Waals surface area contributed by atoms with Gasteiger partial charge in [0.15, 0.2) is 0 Å². The number of para-hydroxylation sites is 1. The molecule has 8 heteroatoms. The van der Waals surface area contributed by atoms with Gasteiger partial charge in [-0.2, -0.15) is 5.10 Å². The molecular weight excluding hydrogens is 318 g/mol. The number of amides is 3. The molecule has 120 valence electrons. The molecule has 2 aromatic rings. The van der Waals surface area contributed by atoms with Gasteiger partial charge in [0.25, 0.3) is 0 Å². The van der Waals surface area contributed by atoms with Crippen molar-refractivity contribution in [2.45, 2.75) is 6.42 Å². The van der Waals surface area contributed by atoms with Crippen molar-refractivity contribution in [3.05, 3.63) is 41.7 Å². The van der Waals surface area contributed by atoms with E-state index in [0.29, 0.717) is 35.9 Å². The second-order valence-corrected chi connectivity index (χ2v) is 5.73. The van der Waals surface area contributed by atoms with Crippen molar-refractivity contribution in [2.24, 2.45) is 5.92 Å². The van der Waals surface area contributed by atoms with Gasteiger partial charge in [-0.3, -0.25) is 9.89 Å². The lowest BCUT2D eigenvalue weighted by Crippen LogP contribution is -2.34. The number of carbonyl (C=O) groups excluding carboxylic acids is 2. The van der Waals surface area contributed by atoms with Gasteiger partial charge in [0.2, 0.25) is 5.91 Å². The van der Waals surface area contributed by atoms with Gasteiger partial charge in [-0.1, -0.05) is 23.7 Å². The van der Waals surface area contributed by atoms with Crippen LogP contribution in [0.1, 0.15) is 6.42 Å². The van der Waals surface area contributed by atoms with Crippen LogP contribution in [0.5, 0.6) is 0 Å². The number of urea groups is 1. The number of benzene rings is 1. The molecule has 0 aliphatic carbocycles. The number of H-pyrrole nitrogens is 1. The van der Waals surface area contributed by atoms with E-state index < -0.39 is 0 Å². The molecule has 1 aliphatic rings. The average molecular weight is 334 g/mol. The van der Waals surface area contributed by atoms with Crippen LogP contribution < -0.4 is 10.6 Å². The predicted molar refractivity (Wildman–Crippen MR) is 87.4 cm³/mol. The number of hydrogen-bond acceptors (Lipinski definition) is 3. The molecule has 1 aliphatic heterocycles. The van der Waals surface area contributed by atoms with Gasteiger partial charge in [0.1, 0.15) is 0 Å². The maximum Gasteiger partial charge on any atom is 0.321 e. The lowest BCUT2D eigenvalue weighted by Gasteiger charge is -2.17. The number of carbonyl (C=O) groups is 2. The molecular formula is C15H16ClN5O2. The van der Waals surface area contributed by atoms with E-state index in [9.17, 15) is 9.59 Å². The normalized spacial score (nSPS) is 17.1. The topological polar surface area (TPSA) is 90.1 Å². The van der Waals surface area contributed by atoms with Crippen LogP contribution in [-0.4, -0.2) is 40.1 Å². The number of nitrogens with one attached hydrogen (secondary N) is 3. The zero-order chi connectivity index (χ0) is 16.2. The zero-order valence-electron chi connectivity index (χ0n) is 12.3. The Morgan fingerprint density at radius 3 is 2.87 bits per heavy atom. The molecule has 3 rings (SSSR count). The molecule has 7 nitrogen and oxygen atoms in total. The van der Waals surface area contributed by atoms with Crippen molar-refractivity contribution in [1.29, 1.82) is 0 Å². The van der Waals surface area contributed by atoms with Gasteiger partial charge in [0, 0.05) is 19.3 Å². The minimum absolute atomic E-state index is 0.112. The number of anilines is 2. The molecule has 0 spiro atoms. The number of nitrogens with zero attached hydrogens (tertiary/aromatic N) is 2. The van der Waals surface area contributed by atoms with E-state index in [1.165, 1.54) is 6.20 Å². The fourth-order valence-corrected chi connectivity index (χ4v) is 2.66. The summed E-state index contributed by atoms with van der Waals surface area (Å²) < 4.78 is 0. The summed E-state index contributed by atoms with van der Waals surface area (Å²) in [5.41, 5.74) is 1.18. The lowest BCUT2D eigenvalue weighted by molar-refractivity contribution is -0.119. The second-order valence-electron chi connectivity index (χ2n) is 5.32. The maximum absolute atomic E-state index is 12.3. The summed E-state index contributed by atoms with van der Waals surface area (Å²) in [6, 6.07) is 6.79. The van der Waals surface area contributed by atoms with E-state index in [1.807, 2.05) is 0 Å². The molecule has 1 atom stereocenters. The van der Waals surface area contributed by atoms with Crippen molar-refractivity contribution < 1.29 is 9.59 Å². The number of likely N-dealkylation sites (tertiary alicyclic amines) is 1. The quantitative estimate of drug-likeness (QED) is 0.806. The van der Waals surface area contributed by atoms with Crippen molar-refractivity contribution in [3.63, 3.8) is 0 Å². The highest BCUT2D eigenvalue weighted by molar-refractivity contribution is 6.33. The molecule has 0 unspecified atom stereocenters. The van der Waals surface area contributed by atoms with Crippen LogP contribution in [0.3, 0.4) is 0 Å². The standard InChI is InChI=1S/C15H16ClN5O2/c16-12-3-1-2-4-13(12)20-15(23)21-6-5-10(9-21)14(22)19-11-7-17-18-8-11/h1-4,7-8,10H,5-6,9H2,(H,17,18)(H,19,22)(H,20,23)/t10-/m1/s1. The number of halogens is 1. The minimum Gasteiger partial charge on any atom is -0.324 e. The molecule has 1 aromatic carbocycles. The molecule has 2 heterocycles. The van der Waals surface area contributed by atoms with Gasteiger partial charge in [0.05, 0.1) is 28.5 Å². The molecule has 0 bridgehead atoms. The van der Waals surface area contributed by atoms with Gasteiger partial charge in [-0.15, -0.1) is 0 Å². The Labute approximate surface area is 138 Å². The van der Waals surface area contributed by atoms with Crippen molar-refractivity contribution >= 4 is 34.9 Å². The highest BCUT2D eigenvalue weighted by Gasteiger charge is 2.31. The van der Waals surface area contributed by atoms with E-state index in [-0.39, 0.29) is 17.9 Å². The molecule has 3 amide bonds. The number of rotatable bonds is 3. The highest BCUT2D eigenvalue weighted by atomic mass is 35.5. The van der Waals surface area contributed by atoms with Gasteiger partial charge in [-0.25, -0.2) is 4.79 Å².